The smallest absolute Gasteiger partial charge is 0.128 e. The number of hydrogen-bond donors (Lipinski definition) is 0. The SMILES string of the molecule is CC(C)(C)c1ccc(-c2cc3c([Si](C)(C)C)cnc(-c4cc(Oc5cc(-c6ncc([Si](C)(C)C)c7cc(-c8ccc(C(C)(C)C)cc8)sc67)cc(C(C)(C)C)c5)cc(C(C)(C)C)c4)c3s2)cc1. The van der Waals surface area contributed by atoms with E-state index in [0.717, 1.165) is 34.0 Å². The van der Waals surface area contributed by atoms with Gasteiger partial charge in [0.25, 0.3) is 0 Å². The largest absolute Gasteiger partial charge is 0.457 e. The van der Waals surface area contributed by atoms with Crippen LogP contribution in [-0.4, -0.2) is 26.1 Å². The van der Waals surface area contributed by atoms with Crippen LogP contribution in [0.25, 0.3) is 63.6 Å². The number of hydrogen-bond acceptors (Lipinski definition) is 5. The van der Waals surface area contributed by atoms with Crippen LogP contribution in [-0.2, 0) is 21.7 Å². The van der Waals surface area contributed by atoms with E-state index in [-0.39, 0.29) is 21.7 Å². The predicted molar refractivity (Wildman–Crippen MR) is 302 cm³/mol. The molecular formula is C60H72N2OS2Si2. The molecule has 0 bridgehead atoms. The minimum Gasteiger partial charge on any atom is -0.457 e. The van der Waals surface area contributed by atoms with Gasteiger partial charge in [-0.05, 0) is 125 Å². The number of fused-ring (bicyclic) bond motifs is 2. The fraction of sp³-hybridized carbons (Fsp3) is 0.367. The molecule has 0 saturated carbocycles. The van der Waals surface area contributed by atoms with Gasteiger partial charge >= 0.3 is 0 Å². The van der Waals surface area contributed by atoms with Crippen molar-refractivity contribution >= 4 is 69.4 Å². The average Bonchev–Trinajstić information content (AvgIpc) is 3.87. The highest BCUT2D eigenvalue weighted by Crippen LogP contribution is 2.44. The number of benzene rings is 4. The summed E-state index contributed by atoms with van der Waals surface area (Å²) in [5.74, 6) is 1.62. The van der Waals surface area contributed by atoms with Crippen molar-refractivity contribution in [3.63, 3.8) is 0 Å². The van der Waals surface area contributed by atoms with Crippen LogP contribution in [0.15, 0.2) is 109 Å². The second-order valence-corrected chi connectivity index (χ2v) is 37.2. The van der Waals surface area contributed by atoms with E-state index in [1.807, 2.05) is 22.7 Å². The number of pyridine rings is 2. The van der Waals surface area contributed by atoms with E-state index in [1.165, 1.54) is 73.7 Å². The predicted octanol–water partition coefficient (Wildman–Crippen LogP) is 17.6. The average molecular weight is 958 g/mol. The van der Waals surface area contributed by atoms with Crippen molar-refractivity contribution in [3.8, 4) is 54.9 Å². The summed E-state index contributed by atoms with van der Waals surface area (Å²) < 4.78 is 9.62. The van der Waals surface area contributed by atoms with Crippen LogP contribution >= 0.6 is 22.7 Å². The molecule has 3 nitrogen and oxygen atoms in total. The fourth-order valence-electron chi connectivity index (χ4n) is 8.80. The molecular weight excluding hydrogens is 885 g/mol. The molecule has 0 spiro atoms. The summed E-state index contributed by atoms with van der Waals surface area (Å²) in [4.78, 5) is 13.2. The Bertz CT molecular complexity index is 2920. The zero-order valence-corrected chi connectivity index (χ0v) is 47.1. The van der Waals surface area contributed by atoms with E-state index in [2.05, 4.69) is 232 Å². The molecule has 4 aromatic heterocycles. The van der Waals surface area contributed by atoms with Crippen molar-refractivity contribution in [1.29, 1.82) is 0 Å². The number of nitrogens with zero attached hydrogens (tertiary/aromatic N) is 2. The zero-order chi connectivity index (χ0) is 48.8. The first kappa shape index (κ1) is 48.8. The molecule has 0 fully saturated rings. The fourth-order valence-corrected chi connectivity index (χ4v) is 14.3. The molecule has 67 heavy (non-hydrogen) atoms. The lowest BCUT2D eigenvalue weighted by atomic mass is 9.85. The Morgan fingerprint density at radius 1 is 0.388 bits per heavy atom. The van der Waals surface area contributed by atoms with Gasteiger partial charge in [0.1, 0.15) is 11.5 Å². The molecule has 0 N–H and O–H groups in total. The van der Waals surface area contributed by atoms with Crippen LogP contribution in [0.1, 0.15) is 105 Å². The molecule has 8 rings (SSSR count). The van der Waals surface area contributed by atoms with Gasteiger partial charge < -0.3 is 4.74 Å². The first-order valence-electron chi connectivity index (χ1n) is 24.0. The van der Waals surface area contributed by atoms with E-state index in [0.29, 0.717) is 0 Å². The third kappa shape index (κ3) is 10.2. The Balaban J connectivity index is 1.27. The highest BCUT2D eigenvalue weighted by Gasteiger charge is 2.28. The van der Waals surface area contributed by atoms with Crippen molar-refractivity contribution < 1.29 is 4.74 Å². The number of ether oxygens (including phenoxy) is 1. The van der Waals surface area contributed by atoms with E-state index in [1.54, 1.807) is 0 Å². The Morgan fingerprint density at radius 2 is 0.716 bits per heavy atom. The lowest BCUT2D eigenvalue weighted by Gasteiger charge is -2.24. The van der Waals surface area contributed by atoms with E-state index >= 15 is 0 Å². The van der Waals surface area contributed by atoms with Gasteiger partial charge in [-0.3, -0.25) is 9.97 Å². The molecule has 0 atom stereocenters. The van der Waals surface area contributed by atoms with E-state index < -0.39 is 16.1 Å². The lowest BCUT2D eigenvalue weighted by Crippen LogP contribution is -2.38. The molecule has 0 aliphatic heterocycles. The highest BCUT2D eigenvalue weighted by atomic mass is 32.1. The van der Waals surface area contributed by atoms with Gasteiger partial charge in [-0.15, -0.1) is 22.7 Å². The monoisotopic (exact) mass is 956 g/mol. The summed E-state index contributed by atoms with van der Waals surface area (Å²) in [7, 11) is -3.48. The van der Waals surface area contributed by atoms with Crippen molar-refractivity contribution in [2.75, 3.05) is 0 Å². The second-order valence-electron chi connectivity index (χ2n) is 25.0. The Kier molecular flexibility index (Phi) is 12.4. The number of rotatable bonds is 8. The van der Waals surface area contributed by atoms with Gasteiger partial charge in [-0.1, -0.05) is 171 Å². The van der Waals surface area contributed by atoms with Gasteiger partial charge in [-0.2, -0.15) is 0 Å². The van der Waals surface area contributed by atoms with Crippen LogP contribution in [0, 0.1) is 0 Å². The maximum atomic E-state index is 7.15. The van der Waals surface area contributed by atoms with Crippen LogP contribution in [0.3, 0.4) is 0 Å². The van der Waals surface area contributed by atoms with Crippen molar-refractivity contribution in [2.45, 2.75) is 144 Å². The molecule has 4 heterocycles. The molecule has 0 saturated heterocycles. The van der Waals surface area contributed by atoms with Crippen LogP contribution < -0.4 is 15.1 Å². The maximum Gasteiger partial charge on any atom is 0.128 e. The topological polar surface area (TPSA) is 35.0 Å². The first-order valence-corrected chi connectivity index (χ1v) is 32.7. The molecule has 0 amide bonds. The lowest BCUT2D eigenvalue weighted by molar-refractivity contribution is 0.475. The molecule has 0 aliphatic carbocycles. The number of aromatic nitrogens is 2. The van der Waals surface area contributed by atoms with Gasteiger partial charge in [0, 0.05) is 33.3 Å². The summed E-state index contributed by atoms with van der Waals surface area (Å²) in [6, 6.07) is 36.8. The Hall–Kier alpha value is -4.67. The Labute approximate surface area is 412 Å². The van der Waals surface area contributed by atoms with Gasteiger partial charge in [-0.25, -0.2) is 0 Å². The quantitative estimate of drug-likeness (QED) is 0.142. The van der Waals surface area contributed by atoms with E-state index in [9.17, 15) is 0 Å². The Morgan fingerprint density at radius 3 is 1.01 bits per heavy atom. The van der Waals surface area contributed by atoms with Crippen molar-refractivity contribution in [1.82, 2.24) is 9.97 Å². The molecule has 8 aromatic rings. The summed E-state index contributed by atoms with van der Waals surface area (Å²) >= 11 is 3.73. The van der Waals surface area contributed by atoms with Gasteiger partial charge in [0.15, 0.2) is 0 Å². The molecule has 7 heteroatoms. The van der Waals surface area contributed by atoms with Crippen LogP contribution in [0.4, 0.5) is 0 Å². The minimum atomic E-state index is -1.74. The van der Waals surface area contributed by atoms with Crippen LogP contribution in [0.5, 0.6) is 11.5 Å². The third-order valence-corrected chi connectivity index (χ3v) is 19.5. The summed E-state index contributed by atoms with van der Waals surface area (Å²) in [5, 5.41) is 5.44. The third-order valence-electron chi connectivity index (χ3n) is 13.1. The first-order chi connectivity index (χ1) is 30.9. The standard InChI is InChI=1S/C60H72N2OS2Si2/c1-57(2,3)41-23-19-37(20-24-41)49-33-47-51(66(13,14)15)35-61-53(55(47)64-49)39-27-43(59(7,8)9)31-45(29-39)63-46-30-40(28-44(32-46)60(10,11)12)54-56-48(52(36-62-54)67(16,17)18)34-50(65-56)38-21-25-42(26-22-38)58(4,5)6/h19-36H,1-18H3. The summed E-state index contributed by atoms with van der Waals surface area (Å²) in [6.07, 6.45) is 4.34. The minimum absolute atomic E-state index is 0.102. The summed E-state index contributed by atoms with van der Waals surface area (Å²) in [5.41, 5.74) is 11.7. The van der Waals surface area contributed by atoms with Crippen LogP contribution in [0.2, 0.25) is 39.3 Å². The van der Waals surface area contributed by atoms with E-state index in [4.69, 9.17) is 14.7 Å². The molecule has 0 aliphatic rings. The van der Waals surface area contributed by atoms with Crippen molar-refractivity contribution in [3.05, 3.63) is 132 Å². The normalized spacial score (nSPS) is 13.2. The molecule has 0 radical (unpaired) electrons. The zero-order valence-electron chi connectivity index (χ0n) is 43.5. The molecule has 4 aromatic carbocycles. The molecule has 0 unspecified atom stereocenters. The van der Waals surface area contributed by atoms with Gasteiger partial charge in [0.05, 0.1) is 36.9 Å². The van der Waals surface area contributed by atoms with Gasteiger partial charge in [0.2, 0.25) is 0 Å². The second kappa shape index (κ2) is 17.1. The highest BCUT2D eigenvalue weighted by molar-refractivity contribution is 7.23. The summed E-state index contributed by atoms with van der Waals surface area (Å²) in [6.45, 7) is 41.9. The maximum absolute atomic E-state index is 7.15. The number of thiophene rings is 2. The molecule has 348 valence electrons. The van der Waals surface area contributed by atoms with Crippen molar-refractivity contribution in [2.24, 2.45) is 0 Å².